The van der Waals surface area contributed by atoms with Gasteiger partial charge in [-0.25, -0.2) is 0 Å². The Labute approximate surface area is 227 Å². The molecule has 0 amide bonds. The fraction of sp³-hybridized carbons (Fsp3) is 0.0270. The van der Waals surface area contributed by atoms with Crippen LogP contribution in [0.15, 0.2) is 140 Å². The summed E-state index contributed by atoms with van der Waals surface area (Å²) >= 11 is 0. The molecule has 2 aromatic heterocycles. The van der Waals surface area contributed by atoms with Crippen molar-refractivity contribution in [3.63, 3.8) is 0 Å². The van der Waals surface area contributed by atoms with Crippen LogP contribution in [0.5, 0.6) is 0 Å². The third-order valence-corrected chi connectivity index (χ3v) is 8.03. The van der Waals surface area contributed by atoms with Gasteiger partial charge in [-0.3, -0.25) is 0 Å². The second-order valence-corrected chi connectivity index (χ2v) is 10.3. The number of benzene rings is 6. The third kappa shape index (κ3) is 3.22. The third-order valence-electron chi connectivity index (χ3n) is 8.03. The first-order valence-corrected chi connectivity index (χ1v) is 13.5. The quantitative estimate of drug-likeness (QED) is 0.229. The zero-order chi connectivity index (χ0) is 25.9. The van der Waals surface area contributed by atoms with Gasteiger partial charge in [0.25, 0.3) is 0 Å². The molecule has 0 N–H and O–H groups in total. The maximum Gasteiger partial charge on any atom is 0.0547 e. The minimum absolute atomic E-state index is 1.17. The van der Waals surface area contributed by atoms with Crippen molar-refractivity contribution in [2.24, 2.45) is 0 Å². The number of aryl methyl sites for hydroxylation is 1. The van der Waals surface area contributed by atoms with Gasteiger partial charge in [0.2, 0.25) is 0 Å². The number of para-hydroxylation sites is 3. The Bertz CT molecular complexity index is 2180. The molecule has 6 aromatic carbocycles. The molecule has 184 valence electrons. The number of hydrogen-bond acceptors (Lipinski definition) is 0. The van der Waals surface area contributed by atoms with E-state index in [0.29, 0.717) is 0 Å². The molecule has 2 nitrogen and oxygen atoms in total. The summed E-state index contributed by atoms with van der Waals surface area (Å²) in [4.78, 5) is 0. The lowest BCUT2D eigenvalue weighted by atomic mass is 9.99. The first kappa shape index (κ1) is 22.0. The molecule has 0 spiro atoms. The van der Waals surface area contributed by atoms with E-state index in [0.717, 1.165) is 0 Å². The zero-order valence-corrected chi connectivity index (χ0v) is 21.7. The average Bonchev–Trinajstić information content (AvgIpc) is 3.51. The van der Waals surface area contributed by atoms with Gasteiger partial charge < -0.3 is 9.13 Å². The maximum absolute atomic E-state index is 2.41. The van der Waals surface area contributed by atoms with Gasteiger partial charge in [-0.1, -0.05) is 91.0 Å². The summed E-state index contributed by atoms with van der Waals surface area (Å²) in [6.45, 7) is 2.21. The van der Waals surface area contributed by atoms with Crippen LogP contribution in [-0.4, -0.2) is 9.13 Å². The molecule has 0 unspecified atom stereocenters. The number of aromatic nitrogens is 2. The standard InChI is InChI=1S/C37H26N2/c1-25-12-9-22-34-36(25)30-17-5-7-20-32(30)39(34)28-16-10-13-26(24-28)29-19-11-23-35-37(29)31-18-6-8-21-33(31)38(35)27-14-3-2-4-15-27/h2-24H,1H3. The Morgan fingerprint density at radius 1 is 0.410 bits per heavy atom. The van der Waals surface area contributed by atoms with Crippen LogP contribution in [-0.2, 0) is 0 Å². The van der Waals surface area contributed by atoms with Gasteiger partial charge >= 0.3 is 0 Å². The summed E-state index contributed by atoms with van der Waals surface area (Å²) in [5.41, 5.74) is 11.0. The monoisotopic (exact) mass is 498 g/mol. The van der Waals surface area contributed by atoms with E-state index in [1.165, 1.54) is 71.7 Å². The zero-order valence-electron chi connectivity index (χ0n) is 21.7. The SMILES string of the molecule is Cc1cccc2c1c1ccccc1n2-c1cccc(-c2cccc3c2c2ccccc2n3-c2ccccc2)c1. The molecule has 0 fully saturated rings. The average molecular weight is 499 g/mol. The Kier molecular flexibility index (Phi) is 4.77. The smallest absolute Gasteiger partial charge is 0.0547 e. The molecular formula is C37H26N2. The molecule has 0 aliphatic rings. The molecule has 0 bridgehead atoms. The first-order chi connectivity index (χ1) is 19.3. The highest BCUT2D eigenvalue weighted by molar-refractivity contribution is 6.16. The number of hydrogen-bond donors (Lipinski definition) is 0. The summed E-state index contributed by atoms with van der Waals surface area (Å²) in [6, 6.07) is 50.5. The van der Waals surface area contributed by atoms with Crippen LogP contribution < -0.4 is 0 Å². The summed E-state index contributed by atoms with van der Waals surface area (Å²) in [5.74, 6) is 0. The summed E-state index contributed by atoms with van der Waals surface area (Å²) in [5, 5.41) is 5.17. The highest BCUT2D eigenvalue weighted by atomic mass is 15.0. The van der Waals surface area contributed by atoms with E-state index in [1.54, 1.807) is 0 Å². The van der Waals surface area contributed by atoms with Crippen molar-refractivity contribution in [1.29, 1.82) is 0 Å². The van der Waals surface area contributed by atoms with Crippen LogP contribution in [0.4, 0.5) is 0 Å². The van der Waals surface area contributed by atoms with Crippen molar-refractivity contribution in [2.75, 3.05) is 0 Å². The minimum atomic E-state index is 1.17. The molecule has 0 radical (unpaired) electrons. The lowest BCUT2D eigenvalue weighted by molar-refractivity contribution is 1.18. The summed E-state index contributed by atoms with van der Waals surface area (Å²) in [6.07, 6.45) is 0. The summed E-state index contributed by atoms with van der Waals surface area (Å²) in [7, 11) is 0. The normalized spacial score (nSPS) is 11.7. The predicted molar refractivity (Wildman–Crippen MR) is 165 cm³/mol. The van der Waals surface area contributed by atoms with E-state index in [2.05, 4.69) is 156 Å². The molecule has 39 heavy (non-hydrogen) atoms. The van der Waals surface area contributed by atoms with E-state index >= 15 is 0 Å². The molecule has 0 atom stereocenters. The Morgan fingerprint density at radius 2 is 0.949 bits per heavy atom. The molecule has 0 saturated carbocycles. The molecule has 0 aliphatic carbocycles. The van der Waals surface area contributed by atoms with Gasteiger partial charge in [-0.15, -0.1) is 0 Å². The van der Waals surface area contributed by atoms with Gasteiger partial charge in [-0.05, 0) is 72.1 Å². The van der Waals surface area contributed by atoms with Crippen molar-refractivity contribution < 1.29 is 0 Å². The first-order valence-electron chi connectivity index (χ1n) is 13.5. The highest BCUT2D eigenvalue weighted by Gasteiger charge is 2.17. The fourth-order valence-electron chi connectivity index (χ4n) is 6.40. The second kappa shape index (κ2) is 8.47. The summed E-state index contributed by atoms with van der Waals surface area (Å²) < 4.78 is 4.79. The Morgan fingerprint density at radius 3 is 1.72 bits per heavy atom. The molecule has 2 heterocycles. The van der Waals surface area contributed by atoms with Crippen LogP contribution in [0.1, 0.15) is 5.56 Å². The Balaban J connectivity index is 1.42. The number of nitrogens with zero attached hydrogens (tertiary/aromatic N) is 2. The van der Waals surface area contributed by atoms with Crippen molar-refractivity contribution >= 4 is 43.6 Å². The molecule has 0 saturated heterocycles. The number of fused-ring (bicyclic) bond motifs is 6. The maximum atomic E-state index is 2.41. The molecule has 8 aromatic rings. The van der Waals surface area contributed by atoms with E-state index in [-0.39, 0.29) is 0 Å². The predicted octanol–water partition coefficient (Wildman–Crippen LogP) is 9.86. The van der Waals surface area contributed by atoms with Gasteiger partial charge in [0.15, 0.2) is 0 Å². The largest absolute Gasteiger partial charge is 0.309 e. The fourth-order valence-corrected chi connectivity index (χ4v) is 6.40. The molecule has 0 aliphatic heterocycles. The van der Waals surface area contributed by atoms with E-state index in [9.17, 15) is 0 Å². The van der Waals surface area contributed by atoms with Crippen LogP contribution in [0.3, 0.4) is 0 Å². The molecule has 8 rings (SSSR count). The topological polar surface area (TPSA) is 9.86 Å². The van der Waals surface area contributed by atoms with Crippen LogP contribution >= 0.6 is 0 Å². The highest BCUT2D eigenvalue weighted by Crippen LogP contribution is 2.40. The van der Waals surface area contributed by atoms with Crippen molar-refractivity contribution in [3.05, 3.63) is 145 Å². The van der Waals surface area contributed by atoms with E-state index in [4.69, 9.17) is 0 Å². The van der Waals surface area contributed by atoms with Crippen LogP contribution in [0.25, 0.3) is 66.1 Å². The molecular weight excluding hydrogens is 472 g/mol. The molecule has 2 heteroatoms. The van der Waals surface area contributed by atoms with Gasteiger partial charge in [-0.2, -0.15) is 0 Å². The van der Waals surface area contributed by atoms with E-state index < -0.39 is 0 Å². The van der Waals surface area contributed by atoms with Crippen LogP contribution in [0.2, 0.25) is 0 Å². The lowest BCUT2D eigenvalue weighted by Gasteiger charge is -2.12. The van der Waals surface area contributed by atoms with Crippen molar-refractivity contribution in [3.8, 4) is 22.5 Å². The van der Waals surface area contributed by atoms with Gasteiger partial charge in [0.05, 0.1) is 22.1 Å². The van der Waals surface area contributed by atoms with Gasteiger partial charge in [0, 0.05) is 32.9 Å². The van der Waals surface area contributed by atoms with E-state index in [1.807, 2.05) is 0 Å². The van der Waals surface area contributed by atoms with Crippen molar-refractivity contribution in [2.45, 2.75) is 6.92 Å². The van der Waals surface area contributed by atoms with Gasteiger partial charge in [0.1, 0.15) is 0 Å². The minimum Gasteiger partial charge on any atom is -0.309 e. The number of rotatable bonds is 3. The Hall–Kier alpha value is -5.08. The van der Waals surface area contributed by atoms with Crippen molar-refractivity contribution in [1.82, 2.24) is 9.13 Å². The van der Waals surface area contributed by atoms with Crippen LogP contribution in [0, 0.1) is 6.92 Å². The second-order valence-electron chi connectivity index (χ2n) is 10.3. The lowest BCUT2D eigenvalue weighted by Crippen LogP contribution is -1.95.